The van der Waals surface area contributed by atoms with Gasteiger partial charge in [0.2, 0.25) is 0 Å². The number of rotatable bonds is 4. The quantitative estimate of drug-likeness (QED) is 0.650. The number of hydrogen-bond acceptors (Lipinski definition) is 2. The van der Waals surface area contributed by atoms with Crippen LogP contribution in [0, 0.1) is 6.07 Å². The number of aliphatic hydroxyl groups excluding tert-OH is 1. The van der Waals surface area contributed by atoms with Crippen molar-refractivity contribution in [3.63, 3.8) is 0 Å². The van der Waals surface area contributed by atoms with Crippen molar-refractivity contribution in [3.05, 3.63) is 35.9 Å². The third-order valence-corrected chi connectivity index (χ3v) is 1.29. The van der Waals surface area contributed by atoms with Crippen LogP contribution < -0.4 is 0 Å². The number of benzene rings is 1. The molecule has 59 valence electrons. The second-order valence-corrected chi connectivity index (χ2v) is 2.18. The Morgan fingerprint density at radius 1 is 1.36 bits per heavy atom. The Morgan fingerprint density at radius 2 is 2.09 bits per heavy atom. The predicted octanol–water partition coefficient (Wildman–Crippen LogP) is 0.996. The number of aliphatic hydroxyl groups is 1. The smallest absolute Gasteiger partial charge is 0.0718 e. The fourth-order valence-corrected chi connectivity index (χ4v) is 0.772. The van der Waals surface area contributed by atoms with Crippen LogP contribution in [0.3, 0.4) is 0 Å². The Kier molecular flexibility index (Phi) is 3.65. The summed E-state index contributed by atoms with van der Waals surface area (Å²) >= 11 is 0. The summed E-state index contributed by atoms with van der Waals surface area (Å²) in [6.45, 7) is 1.05. The molecule has 2 heteroatoms. The third-order valence-electron chi connectivity index (χ3n) is 1.29. The van der Waals surface area contributed by atoms with Crippen molar-refractivity contribution in [1.29, 1.82) is 0 Å². The molecule has 11 heavy (non-hydrogen) atoms. The minimum atomic E-state index is 0.0823. The molecular weight excluding hydrogens is 140 g/mol. The lowest BCUT2D eigenvalue weighted by atomic mass is 10.2. The van der Waals surface area contributed by atoms with Crippen molar-refractivity contribution in [3.8, 4) is 0 Å². The molecule has 0 amide bonds. The SMILES string of the molecule is OCCOCc1cc[c]cc1. The molecule has 1 rings (SSSR count). The van der Waals surface area contributed by atoms with Crippen molar-refractivity contribution >= 4 is 0 Å². The molecule has 2 nitrogen and oxygen atoms in total. The highest BCUT2D eigenvalue weighted by Gasteiger charge is 1.89. The molecule has 0 aliphatic heterocycles. The van der Waals surface area contributed by atoms with Gasteiger partial charge < -0.3 is 9.84 Å². The van der Waals surface area contributed by atoms with Crippen LogP contribution in [0.4, 0.5) is 0 Å². The first kappa shape index (κ1) is 8.24. The predicted molar refractivity (Wildman–Crippen MR) is 42.0 cm³/mol. The van der Waals surface area contributed by atoms with E-state index in [1.165, 1.54) is 0 Å². The maximum absolute atomic E-state index is 8.41. The summed E-state index contributed by atoms with van der Waals surface area (Å²) in [6, 6.07) is 10.5. The van der Waals surface area contributed by atoms with Crippen molar-refractivity contribution < 1.29 is 9.84 Å². The lowest BCUT2D eigenvalue weighted by Crippen LogP contribution is -1.98. The number of ether oxygens (including phenoxy) is 1. The molecule has 0 saturated heterocycles. The topological polar surface area (TPSA) is 29.5 Å². The van der Waals surface area contributed by atoms with E-state index in [1.807, 2.05) is 24.3 Å². The van der Waals surface area contributed by atoms with E-state index in [-0.39, 0.29) is 6.61 Å². The van der Waals surface area contributed by atoms with E-state index in [9.17, 15) is 0 Å². The van der Waals surface area contributed by atoms with Crippen LogP contribution >= 0.6 is 0 Å². The first-order valence-corrected chi connectivity index (χ1v) is 3.57. The average Bonchev–Trinajstić information content (AvgIpc) is 2.07. The zero-order valence-corrected chi connectivity index (χ0v) is 6.29. The van der Waals surface area contributed by atoms with Gasteiger partial charge in [0.25, 0.3) is 0 Å². The van der Waals surface area contributed by atoms with Gasteiger partial charge in [0, 0.05) is 0 Å². The molecule has 0 aliphatic carbocycles. The van der Waals surface area contributed by atoms with E-state index in [2.05, 4.69) is 6.07 Å². The van der Waals surface area contributed by atoms with Gasteiger partial charge in [-0.1, -0.05) is 24.3 Å². The minimum absolute atomic E-state index is 0.0823. The van der Waals surface area contributed by atoms with Crippen LogP contribution in [0.25, 0.3) is 0 Å². The molecule has 1 radical (unpaired) electrons. The molecule has 0 fully saturated rings. The largest absolute Gasteiger partial charge is 0.394 e. The maximum Gasteiger partial charge on any atom is 0.0718 e. The van der Waals surface area contributed by atoms with Gasteiger partial charge >= 0.3 is 0 Å². The molecule has 0 saturated carbocycles. The van der Waals surface area contributed by atoms with E-state index in [0.29, 0.717) is 13.2 Å². The first-order chi connectivity index (χ1) is 5.43. The molecule has 0 aromatic heterocycles. The summed E-state index contributed by atoms with van der Waals surface area (Å²) in [5.74, 6) is 0. The van der Waals surface area contributed by atoms with Gasteiger partial charge in [0.15, 0.2) is 0 Å². The molecule has 0 unspecified atom stereocenters. The third kappa shape index (κ3) is 3.16. The standard InChI is InChI=1S/C9H11O2/c10-6-7-11-8-9-4-2-1-3-5-9/h2-5,10H,6-8H2. The summed E-state index contributed by atoms with van der Waals surface area (Å²) < 4.78 is 5.10. The van der Waals surface area contributed by atoms with Crippen LogP contribution in [0.15, 0.2) is 24.3 Å². The molecule has 1 N–H and O–H groups in total. The minimum Gasteiger partial charge on any atom is -0.394 e. The summed E-state index contributed by atoms with van der Waals surface area (Å²) in [4.78, 5) is 0. The van der Waals surface area contributed by atoms with E-state index in [1.54, 1.807) is 0 Å². The van der Waals surface area contributed by atoms with Crippen LogP contribution in [-0.2, 0) is 11.3 Å². The monoisotopic (exact) mass is 151 g/mol. The highest BCUT2D eigenvalue weighted by atomic mass is 16.5. The fourth-order valence-electron chi connectivity index (χ4n) is 0.772. The number of hydrogen-bond donors (Lipinski definition) is 1. The molecule has 0 aliphatic rings. The second kappa shape index (κ2) is 4.88. The molecule has 0 spiro atoms. The Morgan fingerprint density at radius 3 is 2.73 bits per heavy atom. The Bertz CT molecular complexity index is 184. The van der Waals surface area contributed by atoms with E-state index < -0.39 is 0 Å². The van der Waals surface area contributed by atoms with Gasteiger partial charge in [-0.25, -0.2) is 0 Å². The van der Waals surface area contributed by atoms with Crippen molar-refractivity contribution in [2.45, 2.75) is 6.61 Å². The zero-order valence-electron chi connectivity index (χ0n) is 6.29. The Labute approximate surface area is 66.4 Å². The van der Waals surface area contributed by atoms with E-state index in [0.717, 1.165) is 5.56 Å². The molecular formula is C9H11O2. The van der Waals surface area contributed by atoms with Gasteiger partial charge in [-0.2, -0.15) is 0 Å². The Hall–Kier alpha value is -0.860. The molecule has 1 aromatic rings. The first-order valence-electron chi connectivity index (χ1n) is 3.57. The van der Waals surface area contributed by atoms with Crippen LogP contribution in [0.5, 0.6) is 0 Å². The molecule has 0 bridgehead atoms. The van der Waals surface area contributed by atoms with Gasteiger partial charge in [0.1, 0.15) is 0 Å². The van der Waals surface area contributed by atoms with Crippen LogP contribution in [-0.4, -0.2) is 18.3 Å². The van der Waals surface area contributed by atoms with E-state index in [4.69, 9.17) is 9.84 Å². The normalized spacial score (nSPS) is 9.91. The lowest BCUT2D eigenvalue weighted by Gasteiger charge is -2.00. The molecule has 0 heterocycles. The Balaban J connectivity index is 2.28. The van der Waals surface area contributed by atoms with Crippen molar-refractivity contribution in [1.82, 2.24) is 0 Å². The van der Waals surface area contributed by atoms with Gasteiger partial charge in [-0.3, -0.25) is 0 Å². The molecule has 0 atom stereocenters. The van der Waals surface area contributed by atoms with Crippen LogP contribution in [0.2, 0.25) is 0 Å². The van der Waals surface area contributed by atoms with Gasteiger partial charge in [-0.15, -0.1) is 0 Å². The van der Waals surface area contributed by atoms with Crippen molar-refractivity contribution in [2.75, 3.05) is 13.2 Å². The lowest BCUT2D eigenvalue weighted by molar-refractivity contribution is 0.0815. The maximum atomic E-state index is 8.41. The highest BCUT2D eigenvalue weighted by Crippen LogP contribution is 1.98. The highest BCUT2D eigenvalue weighted by molar-refractivity contribution is 5.12. The summed E-state index contributed by atoms with van der Waals surface area (Å²) in [5, 5.41) is 8.41. The zero-order chi connectivity index (χ0) is 7.94. The molecule has 1 aromatic carbocycles. The van der Waals surface area contributed by atoms with Gasteiger partial charge in [0.05, 0.1) is 19.8 Å². The second-order valence-electron chi connectivity index (χ2n) is 2.18. The summed E-state index contributed by atoms with van der Waals surface area (Å²) in [6.07, 6.45) is 0. The van der Waals surface area contributed by atoms with Crippen molar-refractivity contribution in [2.24, 2.45) is 0 Å². The average molecular weight is 151 g/mol. The van der Waals surface area contributed by atoms with Crippen LogP contribution in [0.1, 0.15) is 5.56 Å². The summed E-state index contributed by atoms with van der Waals surface area (Å²) in [7, 11) is 0. The summed E-state index contributed by atoms with van der Waals surface area (Å²) in [5.41, 5.74) is 1.11. The van der Waals surface area contributed by atoms with Gasteiger partial charge in [-0.05, 0) is 11.6 Å². The van der Waals surface area contributed by atoms with E-state index >= 15 is 0 Å². The fraction of sp³-hybridized carbons (Fsp3) is 0.333.